The first-order chi connectivity index (χ1) is 27.7. The molecule has 1 amide bonds. The zero-order valence-electron chi connectivity index (χ0n) is 37.7. The predicted octanol–water partition coefficient (Wildman–Crippen LogP) is 15.9. The van der Waals surface area contributed by atoms with Crippen LogP contribution in [0, 0.1) is 0 Å². The summed E-state index contributed by atoms with van der Waals surface area (Å²) in [6.07, 6.45) is 65.2. The van der Waals surface area contributed by atoms with Crippen LogP contribution in [-0.4, -0.2) is 34.9 Å². The number of amides is 1. The Kier molecular flexibility index (Phi) is 46.3. The number of aliphatic hydroxyl groups excluding tert-OH is 2. The normalized spacial score (nSPS) is 13.3. The lowest BCUT2D eigenvalue weighted by Gasteiger charge is -2.20. The SMILES string of the molecule is CCCCCCC/C=C\C/C=C\C/C=C\CCCCCCCCC(=O)NC(CO)C(O)/C=C/CCCCCCCCCCCCCCCCCCCCCCC. The number of hydrogen-bond donors (Lipinski definition) is 3. The second-order valence-electron chi connectivity index (χ2n) is 16.9. The minimum Gasteiger partial charge on any atom is -0.394 e. The smallest absolute Gasteiger partial charge is 0.220 e. The largest absolute Gasteiger partial charge is 0.394 e. The molecule has 2 atom stereocenters. The Bertz CT molecular complexity index is 893. The van der Waals surface area contributed by atoms with E-state index in [9.17, 15) is 15.0 Å². The first-order valence-electron chi connectivity index (χ1n) is 24.9. The van der Waals surface area contributed by atoms with Crippen molar-refractivity contribution in [2.24, 2.45) is 0 Å². The molecule has 0 aromatic heterocycles. The van der Waals surface area contributed by atoms with E-state index in [1.165, 1.54) is 186 Å². The number of aliphatic hydroxyl groups is 2. The summed E-state index contributed by atoms with van der Waals surface area (Å²) in [7, 11) is 0. The van der Waals surface area contributed by atoms with Gasteiger partial charge in [-0.25, -0.2) is 0 Å². The van der Waals surface area contributed by atoms with Crippen molar-refractivity contribution in [2.75, 3.05) is 6.61 Å². The van der Waals surface area contributed by atoms with Gasteiger partial charge in [-0.2, -0.15) is 0 Å². The molecule has 0 aliphatic rings. The van der Waals surface area contributed by atoms with Gasteiger partial charge < -0.3 is 15.5 Å². The molecule has 0 heterocycles. The minimum absolute atomic E-state index is 0.0751. The Morgan fingerprint density at radius 3 is 1.09 bits per heavy atom. The van der Waals surface area contributed by atoms with Gasteiger partial charge in [-0.3, -0.25) is 4.79 Å². The van der Waals surface area contributed by atoms with E-state index in [4.69, 9.17) is 0 Å². The number of unbranched alkanes of at least 4 members (excludes halogenated alkanes) is 32. The second kappa shape index (κ2) is 47.7. The van der Waals surface area contributed by atoms with Gasteiger partial charge in [0, 0.05) is 6.42 Å². The first kappa shape index (κ1) is 54.3. The van der Waals surface area contributed by atoms with Gasteiger partial charge in [0.05, 0.1) is 18.8 Å². The van der Waals surface area contributed by atoms with Crippen LogP contribution in [0.25, 0.3) is 0 Å². The van der Waals surface area contributed by atoms with Crippen LogP contribution in [0.1, 0.15) is 258 Å². The molecule has 0 aromatic carbocycles. The maximum atomic E-state index is 12.4. The van der Waals surface area contributed by atoms with Crippen molar-refractivity contribution in [1.29, 1.82) is 0 Å². The third-order valence-corrected chi connectivity index (χ3v) is 11.3. The van der Waals surface area contributed by atoms with Crippen molar-refractivity contribution in [3.05, 3.63) is 48.6 Å². The lowest BCUT2D eigenvalue weighted by atomic mass is 10.0. The first-order valence-corrected chi connectivity index (χ1v) is 24.9. The van der Waals surface area contributed by atoms with Crippen molar-refractivity contribution in [3.8, 4) is 0 Å². The highest BCUT2D eigenvalue weighted by molar-refractivity contribution is 5.76. The number of carbonyl (C=O) groups excluding carboxylic acids is 1. The Hall–Kier alpha value is -1.65. The molecule has 0 aliphatic heterocycles. The van der Waals surface area contributed by atoms with Crippen molar-refractivity contribution in [2.45, 2.75) is 270 Å². The molecule has 56 heavy (non-hydrogen) atoms. The number of hydrogen-bond acceptors (Lipinski definition) is 3. The molecule has 3 N–H and O–H groups in total. The van der Waals surface area contributed by atoms with Gasteiger partial charge in [0.25, 0.3) is 0 Å². The summed E-state index contributed by atoms with van der Waals surface area (Å²) in [6.45, 7) is 4.31. The Morgan fingerprint density at radius 2 is 0.732 bits per heavy atom. The van der Waals surface area contributed by atoms with E-state index in [2.05, 4.69) is 55.6 Å². The quantitative estimate of drug-likeness (QED) is 0.0425. The van der Waals surface area contributed by atoms with Gasteiger partial charge in [0.1, 0.15) is 0 Å². The van der Waals surface area contributed by atoms with Crippen LogP contribution in [0.5, 0.6) is 0 Å². The van der Waals surface area contributed by atoms with Gasteiger partial charge in [-0.15, -0.1) is 0 Å². The van der Waals surface area contributed by atoms with Gasteiger partial charge in [0.15, 0.2) is 0 Å². The molecule has 0 bridgehead atoms. The lowest BCUT2D eigenvalue weighted by molar-refractivity contribution is -0.123. The van der Waals surface area contributed by atoms with E-state index >= 15 is 0 Å². The molecule has 4 heteroatoms. The third kappa shape index (κ3) is 43.5. The van der Waals surface area contributed by atoms with Crippen molar-refractivity contribution < 1.29 is 15.0 Å². The van der Waals surface area contributed by atoms with Crippen LogP contribution in [0.3, 0.4) is 0 Å². The summed E-state index contributed by atoms with van der Waals surface area (Å²) in [5, 5.41) is 23.1. The number of allylic oxidation sites excluding steroid dienone is 7. The fourth-order valence-electron chi connectivity index (χ4n) is 7.48. The maximum absolute atomic E-state index is 12.4. The molecule has 0 aliphatic carbocycles. The third-order valence-electron chi connectivity index (χ3n) is 11.3. The minimum atomic E-state index is -0.846. The fourth-order valence-corrected chi connectivity index (χ4v) is 7.48. The zero-order valence-corrected chi connectivity index (χ0v) is 37.7. The molecule has 328 valence electrons. The fraction of sp³-hybridized carbons (Fsp3) is 0.827. The van der Waals surface area contributed by atoms with Crippen molar-refractivity contribution in [1.82, 2.24) is 5.32 Å². The summed E-state index contributed by atoms with van der Waals surface area (Å²) in [4.78, 5) is 12.4. The summed E-state index contributed by atoms with van der Waals surface area (Å²) in [5.74, 6) is -0.0751. The van der Waals surface area contributed by atoms with Gasteiger partial charge in [-0.1, -0.05) is 242 Å². The molecule has 0 fully saturated rings. The van der Waals surface area contributed by atoms with E-state index in [1.807, 2.05) is 6.08 Å². The van der Waals surface area contributed by atoms with Gasteiger partial charge >= 0.3 is 0 Å². The average Bonchev–Trinajstić information content (AvgIpc) is 3.20. The Balaban J connectivity index is 3.57. The molecular formula is C52H97NO3. The molecule has 0 aromatic rings. The monoisotopic (exact) mass is 784 g/mol. The lowest BCUT2D eigenvalue weighted by Crippen LogP contribution is -2.45. The highest BCUT2D eigenvalue weighted by Gasteiger charge is 2.18. The summed E-state index contributed by atoms with van der Waals surface area (Å²) >= 11 is 0. The van der Waals surface area contributed by atoms with Crippen LogP contribution in [0.15, 0.2) is 48.6 Å². The highest BCUT2D eigenvalue weighted by atomic mass is 16.3. The Morgan fingerprint density at radius 1 is 0.429 bits per heavy atom. The summed E-state index contributed by atoms with van der Waals surface area (Å²) in [6, 6.07) is -0.631. The van der Waals surface area contributed by atoms with Crippen LogP contribution in [-0.2, 0) is 4.79 Å². The molecule has 2 unspecified atom stereocenters. The molecule has 0 spiro atoms. The second-order valence-corrected chi connectivity index (χ2v) is 16.9. The van der Waals surface area contributed by atoms with Crippen molar-refractivity contribution >= 4 is 5.91 Å². The van der Waals surface area contributed by atoms with Crippen LogP contribution in [0.2, 0.25) is 0 Å². The molecular weight excluding hydrogens is 687 g/mol. The summed E-state index contributed by atoms with van der Waals surface area (Å²) in [5.41, 5.74) is 0. The molecule has 0 rings (SSSR count). The van der Waals surface area contributed by atoms with E-state index in [-0.39, 0.29) is 12.5 Å². The molecule has 0 radical (unpaired) electrons. The molecule has 0 saturated heterocycles. The molecule has 4 nitrogen and oxygen atoms in total. The van der Waals surface area contributed by atoms with E-state index in [0.29, 0.717) is 6.42 Å². The summed E-state index contributed by atoms with van der Waals surface area (Å²) < 4.78 is 0. The van der Waals surface area contributed by atoms with E-state index in [1.54, 1.807) is 6.08 Å². The average molecular weight is 784 g/mol. The van der Waals surface area contributed by atoms with Crippen LogP contribution >= 0.6 is 0 Å². The van der Waals surface area contributed by atoms with Gasteiger partial charge in [0.2, 0.25) is 5.91 Å². The maximum Gasteiger partial charge on any atom is 0.220 e. The van der Waals surface area contributed by atoms with Crippen molar-refractivity contribution in [3.63, 3.8) is 0 Å². The van der Waals surface area contributed by atoms with Gasteiger partial charge in [-0.05, 0) is 57.8 Å². The van der Waals surface area contributed by atoms with E-state index < -0.39 is 12.1 Å². The predicted molar refractivity (Wildman–Crippen MR) is 248 cm³/mol. The van der Waals surface area contributed by atoms with Crippen LogP contribution in [0.4, 0.5) is 0 Å². The van der Waals surface area contributed by atoms with E-state index in [0.717, 1.165) is 51.4 Å². The zero-order chi connectivity index (χ0) is 40.7. The Labute approximate surface area is 350 Å². The number of carbonyl (C=O) groups is 1. The number of rotatable bonds is 45. The standard InChI is InChI=1S/C52H97NO3/c1-3-5-7-9-11-13-15-17-19-21-23-25-26-28-29-31-33-35-37-39-41-43-45-47-51(55)50(49-54)53-52(56)48-46-44-42-40-38-36-34-32-30-27-24-22-20-18-16-14-12-10-8-6-4-2/h16,18,22,24,30,32,45,47,50-51,54-55H,3-15,17,19-21,23,25-29,31,33-44,46,48-49H2,1-2H3,(H,53,56)/b18-16-,24-22-,32-30-,47-45+. The van der Waals surface area contributed by atoms with Crippen LogP contribution < -0.4 is 5.32 Å². The highest BCUT2D eigenvalue weighted by Crippen LogP contribution is 2.16. The number of nitrogens with one attached hydrogen (secondary N) is 1. The topological polar surface area (TPSA) is 69.6 Å². The molecule has 0 saturated carbocycles.